The van der Waals surface area contributed by atoms with E-state index in [9.17, 15) is 24.0 Å². The Morgan fingerprint density at radius 3 is 2.10 bits per heavy atom. The molecule has 0 spiro atoms. The van der Waals surface area contributed by atoms with Crippen LogP contribution in [-0.2, 0) is 23.9 Å². The lowest BCUT2D eigenvalue weighted by molar-refractivity contribution is -0.154. The lowest BCUT2D eigenvalue weighted by Gasteiger charge is -2.28. The van der Waals surface area contributed by atoms with Gasteiger partial charge in [-0.3, -0.25) is 28.9 Å². The summed E-state index contributed by atoms with van der Waals surface area (Å²) in [5.74, 6) is -2.81. The first-order valence-electron chi connectivity index (χ1n) is 9.89. The molecule has 2 saturated carbocycles. The normalized spacial score (nSPS) is 31.0. The van der Waals surface area contributed by atoms with Gasteiger partial charge in [0.1, 0.15) is 6.54 Å². The number of halogens is 2. The Hall–Kier alpha value is -2.07. The monoisotopic (exact) mass is 554 g/mol. The zero-order chi connectivity index (χ0) is 22.4. The van der Waals surface area contributed by atoms with Crippen molar-refractivity contribution < 1.29 is 28.7 Å². The molecule has 1 saturated heterocycles. The van der Waals surface area contributed by atoms with Crippen molar-refractivity contribution in [3.05, 3.63) is 29.8 Å². The number of carbonyl (C=O) groups is 5. The summed E-state index contributed by atoms with van der Waals surface area (Å²) in [5, 5.41) is 2.55. The van der Waals surface area contributed by atoms with Gasteiger partial charge >= 0.3 is 5.97 Å². The highest BCUT2D eigenvalue weighted by Gasteiger charge is 2.66. The van der Waals surface area contributed by atoms with Crippen molar-refractivity contribution >= 4 is 67.0 Å². The first-order valence-corrected chi connectivity index (χ1v) is 11.7. The minimum atomic E-state index is -0.818. The number of Topliss-reactive ketones (excluding diaryl/α,β-unsaturated/α-hetero) is 1. The number of likely N-dealkylation sites (tertiary alicyclic amines) is 1. The molecule has 0 aromatic heterocycles. The second kappa shape index (κ2) is 8.46. The van der Waals surface area contributed by atoms with Crippen LogP contribution in [0.4, 0.5) is 5.69 Å². The number of ether oxygens (including phenoxy) is 1. The van der Waals surface area contributed by atoms with E-state index in [1.165, 1.54) is 6.92 Å². The predicted molar refractivity (Wildman–Crippen MR) is 117 cm³/mol. The van der Waals surface area contributed by atoms with Crippen molar-refractivity contribution in [2.75, 3.05) is 18.5 Å². The molecule has 6 atom stereocenters. The molecule has 2 aliphatic carbocycles. The first-order chi connectivity index (χ1) is 14.7. The Kier molecular flexibility index (Phi) is 6.04. The van der Waals surface area contributed by atoms with Gasteiger partial charge in [-0.05, 0) is 49.4 Å². The van der Waals surface area contributed by atoms with Gasteiger partial charge in [0, 0.05) is 20.9 Å². The third-order valence-corrected chi connectivity index (χ3v) is 9.51. The zero-order valence-corrected chi connectivity index (χ0v) is 19.7. The van der Waals surface area contributed by atoms with E-state index in [1.54, 1.807) is 24.3 Å². The van der Waals surface area contributed by atoms with Crippen molar-refractivity contribution in [1.82, 2.24) is 4.90 Å². The fourth-order valence-corrected chi connectivity index (χ4v) is 6.75. The number of alkyl halides is 2. The van der Waals surface area contributed by atoms with E-state index in [2.05, 4.69) is 37.2 Å². The Bertz CT molecular complexity index is 933. The van der Waals surface area contributed by atoms with Gasteiger partial charge in [-0.1, -0.05) is 31.9 Å². The molecule has 3 amide bonds. The predicted octanol–water partition coefficient (Wildman–Crippen LogP) is 2.15. The Balaban J connectivity index is 1.29. The number of benzene rings is 1. The number of hydrogen-bond acceptors (Lipinski definition) is 6. The number of amides is 3. The van der Waals surface area contributed by atoms with Crippen LogP contribution in [-0.4, -0.2) is 57.2 Å². The van der Waals surface area contributed by atoms with E-state index in [1.807, 2.05) is 0 Å². The van der Waals surface area contributed by atoms with Gasteiger partial charge in [0.2, 0.25) is 11.8 Å². The molecule has 1 aromatic carbocycles. The lowest BCUT2D eigenvalue weighted by Crippen LogP contribution is -2.38. The molecule has 0 radical (unpaired) electrons. The summed E-state index contributed by atoms with van der Waals surface area (Å²) in [6.07, 6.45) is 0.810. The number of ketones is 1. The van der Waals surface area contributed by atoms with Crippen molar-refractivity contribution in [2.45, 2.75) is 23.0 Å². The Morgan fingerprint density at radius 2 is 1.58 bits per heavy atom. The minimum Gasteiger partial charge on any atom is -0.454 e. The summed E-state index contributed by atoms with van der Waals surface area (Å²) < 4.78 is 4.96. The van der Waals surface area contributed by atoms with Crippen LogP contribution in [0.15, 0.2) is 24.3 Å². The van der Waals surface area contributed by atoms with Gasteiger partial charge in [0.15, 0.2) is 12.4 Å². The van der Waals surface area contributed by atoms with Crippen LogP contribution in [0.3, 0.4) is 0 Å². The van der Waals surface area contributed by atoms with E-state index in [0.29, 0.717) is 11.3 Å². The second-order valence-corrected chi connectivity index (χ2v) is 10.2. The lowest BCUT2D eigenvalue weighted by atomic mass is 9.81. The number of fused-ring (bicyclic) bond motifs is 5. The standard InChI is InChI=1S/C21H20Br2N2O6/c1-9(26)10-2-4-11(5-3-10)24-14(27)8-31-15(28)7-25-20(29)16-12-6-13(17(16)21(25)30)19(23)18(12)22/h2-5,12-13,16-19H,6-8H2,1H3,(H,24,27)/t12-,13-,16-,17+,18-,19+/m1/s1. The van der Waals surface area contributed by atoms with Gasteiger partial charge in [-0.25, -0.2) is 0 Å². The molecule has 1 aromatic rings. The Labute approximate surface area is 195 Å². The molecular formula is C21H20Br2N2O6. The number of anilines is 1. The largest absolute Gasteiger partial charge is 0.454 e. The van der Waals surface area contributed by atoms with Crippen molar-refractivity contribution in [1.29, 1.82) is 0 Å². The maximum atomic E-state index is 12.8. The summed E-state index contributed by atoms with van der Waals surface area (Å²) in [6, 6.07) is 6.29. The molecule has 3 aliphatic rings. The highest BCUT2D eigenvalue weighted by molar-refractivity contribution is 9.12. The number of imide groups is 1. The second-order valence-electron chi connectivity index (χ2n) is 8.11. The van der Waals surface area contributed by atoms with Crippen molar-refractivity contribution in [2.24, 2.45) is 23.7 Å². The smallest absolute Gasteiger partial charge is 0.326 e. The number of rotatable bonds is 6. The molecule has 1 aliphatic heterocycles. The number of carbonyl (C=O) groups excluding carboxylic acids is 5. The molecule has 10 heteroatoms. The molecule has 4 rings (SSSR count). The number of nitrogens with zero attached hydrogens (tertiary/aromatic N) is 1. The van der Waals surface area contributed by atoms with Gasteiger partial charge < -0.3 is 10.1 Å². The molecule has 0 unspecified atom stereocenters. The SMILES string of the molecule is CC(=O)c1ccc(NC(=O)COC(=O)CN2C(=O)[C@@H]3[C@H]4C[C@@H]([C@H](Br)[C@@H]4Br)[C@@H]3C2=O)cc1. The van der Waals surface area contributed by atoms with E-state index in [0.717, 1.165) is 11.3 Å². The molecule has 164 valence electrons. The molecule has 3 fully saturated rings. The minimum absolute atomic E-state index is 0.0667. The van der Waals surface area contributed by atoms with E-state index in [-0.39, 0.29) is 39.1 Å². The quantitative estimate of drug-likeness (QED) is 0.249. The number of esters is 1. The summed E-state index contributed by atoms with van der Waals surface area (Å²) in [7, 11) is 0. The molecule has 1 heterocycles. The maximum absolute atomic E-state index is 12.8. The van der Waals surface area contributed by atoms with Gasteiger partial charge in [-0.2, -0.15) is 0 Å². The van der Waals surface area contributed by atoms with Crippen LogP contribution in [0, 0.1) is 23.7 Å². The summed E-state index contributed by atoms with van der Waals surface area (Å²) in [6.45, 7) is 0.399. The van der Waals surface area contributed by atoms with E-state index < -0.39 is 36.9 Å². The van der Waals surface area contributed by atoms with Gasteiger partial charge in [0.05, 0.1) is 11.8 Å². The van der Waals surface area contributed by atoms with Crippen LogP contribution >= 0.6 is 31.9 Å². The van der Waals surface area contributed by atoms with Crippen LogP contribution in [0.25, 0.3) is 0 Å². The van der Waals surface area contributed by atoms with E-state index in [4.69, 9.17) is 4.74 Å². The van der Waals surface area contributed by atoms with Crippen LogP contribution in [0.1, 0.15) is 23.7 Å². The van der Waals surface area contributed by atoms with E-state index >= 15 is 0 Å². The fourth-order valence-electron chi connectivity index (χ4n) is 4.87. The highest BCUT2D eigenvalue weighted by Crippen LogP contribution is 2.60. The molecule has 1 N–H and O–H groups in total. The van der Waals surface area contributed by atoms with Crippen LogP contribution in [0.2, 0.25) is 0 Å². The summed E-state index contributed by atoms with van der Waals surface area (Å²) in [5.41, 5.74) is 0.966. The molecule has 31 heavy (non-hydrogen) atoms. The number of hydrogen-bond donors (Lipinski definition) is 1. The van der Waals surface area contributed by atoms with Crippen molar-refractivity contribution in [3.8, 4) is 0 Å². The Morgan fingerprint density at radius 1 is 1.03 bits per heavy atom. The van der Waals surface area contributed by atoms with Gasteiger partial charge in [-0.15, -0.1) is 0 Å². The van der Waals surface area contributed by atoms with Crippen molar-refractivity contribution in [3.63, 3.8) is 0 Å². The number of nitrogens with one attached hydrogen (secondary N) is 1. The highest BCUT2D eigenvalue weighted by atomic mass is 79.9. The third-order valence-electron chi connectivity index (χ3n) is 6.31. The van der Waals surface area contributed by atoms with Crippen LogP contribution in [0.5, 0.6) is 0 Å². The molecule has 2 bridgehead atoms. The van der Waals surface area contributed by atoms with Crippen LogP contribution < -0.4 is 5.32 Å². The third kappa shape index (κ3) is 3.95. The maximum Gasteiger partial charge on any atom is 0.326 e. The average Bonchev–Trinajstić information content (AvgIpc) is 3.33. The average molecular weight is 556 g/mol. The zero-order valence-electron chi connectivity index (χ0n) is 16.5. The molecular weight excluding hydrogens is 536 g/mol. The summed E-state index contributed by atoms with van der Waals surface area (Å²) in [4.78, 5) is 62.3. The molecule has 8 nitrogen and oxygen atoms in total. The topological polar surface area (TPSA) is 110 Å². The van der Waals surface area contributed by atoms with Gasteiger partial charge in [0.25, 0.3) is 5.91 Å². The fraction of sp³-hybridized carbons (Fsp3) is 0.476. The summed E-state index contributed by atoms with van der Waals surface area (Å²) >= 11 is 7.23. The first kappa shape index (κ1) is 22.1.